The molecule has 0 bridgehead atoms. The number of hydrogen-bond acceptors (Lipinski definition) is 5. The second-order valence-electron chi connectivity index (χ2n) is 3.15. The summed E-state index contributed by atoms with van der Waals surface area (Å²) in [6.45, 7) is 2.93. The monoisotopic (exact) mass is 220 g/mol. The minimum Gasteiger partial charge on any atom is -0.358 e. The molecule has 0 aliphatic carbocycles. The molecule has 2 heterocycles. The van der Waals surface area contributed by atoms with Gasteiger partial charge in [0.25, 0.3) is 5.56 Å². The van der Waals surface area contributed by atoms with Crippen LogP contribution in [-0.4, -0.2) is 24.7 Å². The fraction of sp³-hybridized carbons (Fsp3) is 0.333. The Balaban J connectivity index is 2.13. The van der Waals surface area contributed by atoms with Crippen molar-refractivity contribution in [3.8, 4) is 0 Å². The van der Waals surface area contributed by atoms with Gasteiger partial charge in [0.1, 0.15) is 12.2 Å². The van der Waals surface area contributed by atoms with E-state index in [1.807, 2.05) is 6.92 Å². The molecule has 0 fully saturated rings. The summed E-state index contributed by atoms with van der Waals surface area (Å²) in [6, 6.07) is 0. The predicted octanol–water partition coefficient (Wildman–Crippen LogP) is -0.00660. The van der Waals surface area contributed by atoms with Gasteiger partial charge in [0.15, 0.2) is 5.82 Å². The van der Waals surface area contributed by atoms with E-state index in [1.54, 1.807) is 17.0 Å². The smallest absolute Gasteiger partial charge is 0.293 e. The van der Waals surface area contributed by atoms with Crippen molar-refractivity contribution < 1.29 is 0 Å². The van der Waals surface area contributed by atoms with Crippen LogP contribution in [0.1, 0.15) is 12.7 Å². The van der Waals surface area contributed by atoms with Crippen LogP contribution in [0.15, 0.2) is 23.5 Å². The molecule has 0 saturated heterocycles. The average molecular weight is 220 g/mol. The molecule has 2 aromatic rings. The number of nitrogens with zero attached hydrogens (tertiary/aromatic N) is 4. The molecule has 0 amide bonds. The van der Waals surface area contributed by atoms with Crippen LogP contribution in [0.5, 0.6) is 0 Å². The van der Waals surface area contributed by atoms with Gasteiger partial charge in [0.05, 0.1) is 6.54 Å². The number of aromatic nitrogens is 5. The van der Waals surface area contributed by atoms with Crippen molar-refractivity contribution in [3.05, 3.63) is 34.9 Å². The largest absolute Gasteiger partial charge is 0.358 e. The second kappa shape index (κ2) is 4.56. The molecule has 7 heteroatoms. The molecule has 0 atom stereocenters. The lowest BCUT2D eigenvalue weighted by molar-refractivity contribution is 0.718. The van der Waals surface area contributed by atoms with Crippen LogP contribution in [0, 0.1) is 0 Å². The molecule has 16 heavy (non-hydrogen) atoms. The molecular formula is C9H12N6O. The Bertz CT molecular complexity index is 503. The number of aromatic amines is 1. The molecule has 0 aliphatic heterocycles. The Hall–Kier alpha value is -2.18. The molecule has 0 unspecified atom stereocenters. The van der Waals surface area contributed by atoms with E-state index >= 15 is 0 Å². The highest BCUT2D eigenvalue weighted by atomic mass is 16.1. The minimum absolute atomic E-state index is 0.135. The van der Waals surface area contributed by atoms with Crippen LogP contribution in [-0.2, 0) is 13.1 Å². The van der Waals surface area contributed by atoms with Crippen LogP contribution in [0.2, 0.25) is 0 Å². The summed E-state index contributed by atoms with van der Waals surface area (Å²) in [6.07, 6.45) is 4.66. The summed E-state index contributed by atoms with van der Waals surface area (Å²) < 4.78 is 1.58. The Kier molecular flexibility index (Phi) is 2.95. The zero-order valence-electron chi connectivity index (χ0n) is 8.84. The third-order valence-corrected chi connectivity index (χ3v) is 2.14. The van der Waals surface area contributed by atoms with Gasteiger partial charge in [-0.05, 0) is 6.92 Å². The Morgan fingerprint density at radius 3 is 3.06 bits per heavy atom. The first-order valence-corrected chi connectivity index (χ1v) is 4.95. The van der Waals surface area contributed by atoms with Crippen molar-refractivity contribution in [1.29, 1.82) is 0 Å². The normalized spacial score (nSPS) is 10.3. The van der Waals surface area contributed by atoms with E-state index in [9.17, 15) is 4.79 Å². The van der Waals surface area contributed by atoms with Gasteiger partial charge in [-0.25, -0.2) is 9.97 Å². The van der Waals surface area contributed by atoms with E-state index in [1.165, 1.54) is 6.33 Å². The maximum absolute atomic E-state index is 11.8. The molecule has 2 N–H and O–H groups in total. The van der Waals surface area contributed by atoms with E-state index in [2.05, 4.69) is 25.5 Å². The first kappa shape index (κ1) is 10.3. The van der Waals surface area contributed by atoms with Gasteiger partial charge in [-0.15, -0.1) is 0 Å². The molecule has 2 aromatic heterocycles. The van der Waals surface area contributed by atoms with Gasteiger partial charge < -0.3 is 9.88 Å². The lowest BCUT2D eigenvalue weighted by atomic mass is 10.5. The molecular weight excluding hydrogens is 208 g/mol. The average Bonchev–Trinajstić information content (AvgIpc) is 2.81. The van der Waals surface area contributed by atoms with E-state index in [0.717, 1.165) is 0 Å². The van der Waals surface area contributed by atoms with E-state index in [-0.39, 0.29) is 5.56 Å². The highest BCUT2D eigenvalue weighted by molar-refractivity contribution is 5.30. The lowest BCUT2D eigenvalue weighted by Gasteiger charge is -2.05. The summed E-state index contributed by atoms with van der Waals surface area (Å²) in [5.41, 5.74) is -0.135. The number of aryl methyl sites for hydroxylation is 1. The first-order valence-electron chi connectivity index (χ1n) is 4.95. The Morgan fingerprint density at radius 1 is 1.50 bits per heavy atom. The van der Waals surface area contributed by atoms with Crippen molar-refractivity contribution in [2.24, 2.45) is 0 Å². The summed E-state index contributed by atoms with van der Waals surface area (Å²) in [5.74, 6) is 0.980. The van der Waals surface area contributed by atoms with Crippen LogP contribution in [0.25, 0.3) is 0 Å². The molecule has 0 aliphatic rings. The van der Waals surface area contributed by atoms with Gasteiger partial charge in [0.2, 0.25) is 0 Å². The topological polar surface area (TPSA) is 88.5 Å². The van der Waals surface area contributed by atoms with Gasteiger partial charge in [-0.1, -0.05) is 0 Å². The molecule has 0 radical (unpaired) electrons. The molecule has 7 nitrogen and oxygen atoms in total. The lowest BCUT2D eigenvalue weighted by Crippen LogP contribution is -2.23. The third-order valence-electron chi connectivity index (χ3n) is 2.14. The molecule has 0 saturated carbocycles. The number of hydrogen-bond donors (Lipinski definition) is 2. The number of nitrogens with one attached hydrogen (secondary N) is 2. The minimum atomic E-state index is -0.135. The van der Waals surface area contributed by atoms with Gasteiger partial charge in [-0.3, -0.25) is 9.89 Å². The van der Waals surface area contributed by atoms with Crippen molar-refractivity contribution in [2.75, 3.05) is 5.32 Å². The van der Waals surface area contributed by atoms with Crippen LogP contribution >= 0.6 is 0 Å². The van der Waals surface area contributed by atoms with Crippen molar-refractivity contribution in [2.45, 2.75) is 20.0 Å². The van der Waals surface area contributed by atoms with Crippen LogP contribution in [0.3, 0.4) is 0 Å². The summed E-state index contributed by atoms with van der Waals surface area (Å²) in [5, 5.41) is 9.32. The second-order valence-corrected chi connectivity index (χ2v) is 3.15. The van der Waals surface area contributed by atoms with Crippen molar-refractivity contribution in [1.82, 2.24) is 24.7 Å². The van der Waals surface area contributed by atoms with Crippen molar-refractivity contribution >= 4 is 5.82 Å². The summed E-state index contributed by atoms with van der Waals surface area (Å²) in [4.78, 5) is 19.7. The summed E-state index contributed by atoms with van der Waals surface area (Å²) >= 11 is 0. The standard InChI is InChI=1S/C9H12N6O/c1-2-15-4-3-10-8(9(15)16)11-5-7-12-6-13-14-7/h3-4,6H,2,5H2,1H3,(H,10,11)(H,12,13,14). The van der Waals surface area contributed by atoms with Gasteiger partial charge >= 0.3 is 0 Å². The van der Waals surface area contributed by atoms with Crippen LogP contribution < -0.4 is 10.9 Å². The van der Waals surface area contributed by atoms with Gasteiger partial charge in [-0.2, -0.15) is 5.10 Å². The highest BCUT2D eigenvalue weighted by Crippen LogP contribution is 1.95. The van der Waals surface area contributed by atoms with Crippen molar-refractivity contribution in [3.63, 3.8) is 0 Å². The zero-order valence-corrected chi connectivity index (χ0v) is 8.84. The zero-order chi connectivity index (χ0) is 11.4. The number of anilines is 1. The fourth-order valence-electron chi connectivity index (χ4n) is 1.30. The number of rotatable bonds is 4. The molecule has 2 rings (SSSR count). The van der Waals surface area contributed by atoms with Crippen LogP contribution in [0.4, 0.5) is 5.82 Å². The fourth-order valence-corrected chi connectivity index (χ4v) is 1.30. The molecule has 0 aromatic carbocycles. The number of H-pyrrole nitrogens is 1. The van der Waals surface area contributed by atoms with Gasteiger partial charge in [0, 0.05) is 18.9 Å². The Labute approximate surface area is 91.6 Å². The summed E-state index contributed by atoms with van der Waals surface area (Å²) in [7, 11) is 0. The van der Waals surface area contributed by atoms with E-state index < -0.39 is 0 Å². The van der Waals surface area contributed by atoms with E-state index in [4.69, 9.17) is 0 Å². The SMILES string of the molecule is CCn1ccnc(NCc2ncn[nH]2)c1=O. The maximum Gasteiger partial charge on any atom is 0.293 e. The maximum atomic E-state index is 11.8. The predicted molar refractivity (Wildman–Crippen MR) is 57.9 cm³/mol. The molecule has 0 spiro atoms. The third kappa shape index (κ3) is 2.08. The Morgan fingerprint density at radius 2 is 2.38 bits per heavy atom. The molecule has 84 valence electrons. The first-order chi connectivity index (χ1) is 7.81. The highest BCUT2D eigenvalue weighted by Gasteiger charge is 2.03. The quantitative estimate of drug-likeness (QED) is 0.756. The van der Waals surface area contributed by atoms with E-state index in [0.29, 0.717) is 24.7 Å².